The Morgan fingerprint density at radius 1 is 1.44 bits per heavy atom. The number of amides is 2. The largest absolute Gasteiger partial charge is 0.342 e. The molecule has 1 aromatic rings. The second-order valence-corrected chi connectivity index (χ2v) is 5.49. The fraction of sp³-hybridized carbons (Fsp3) is 0.417. The highest BCUT2D eigenvalue weighted by molar-refractivity contribution is 9.10. The molecule has 1 aliphatic heterocycles. The van der Waals surface area contributed by atoms with Gasteiger partial charge in [-0.1, -0.05) is 13.8 Å². The van der Waals surface area contributed by atoms with Crippen LogP contribution in [-0.2, 0) is 9.59 Å². The van der Waals surface area contributed by atoms with Crippen LogP contribution in [0.15, 0.2) is 22.9 Å². The quantitative estimate of drug-likeness (QED) is 0.896. The third-order valence-electron chi connectivity index (χ3n) is 2.82. The number of nitrogens with zero attached hydrogens (tertiary/aromatic N) is 2. The first kappa shape index (κ1) is 13.0. The molecule has 18 heavy (non-hydrogen) atoms. The fourth-order valence-corrected chi connectivity index (χ4v) is 2.24. The van der Waals surface area contributed by atoms with E-state index in [1.807, 2.05) is 13.8 Å². The highest BCUT2D eigenvalue weighted by atomic mass is 79.9. The average molecular weight is 312 g/mol. The molecule has 1 aromatic heterocycles. The molecule has 2 amide bonds. The number of carbonyl (C=O) groups excluding carboxylic acids is 2. The lowest BCUT2D eigenvalue weighted by Gasteiger charge is -2.34. The van der Waals surface area contributed by atoms with Crippen molar-refractivity contribution in [2.75, 3.05) is 11.4 Å². The lowest BCUT2D eigenvalue weighted by Crippen LogP contribution is -2.60. The van der Waals surface area contributed by atoms with E-state index in [4.69, 9.17) is 0 Å². The zero-order valence-corrected chi connectivity index (χ0v) is 11.8. The zero-order valence-electron chi connectivity index (χ0n) is 10.2. The summed E-state index contributed by atoms with van der Waals surface area (Å²) >= 11 is 3.31. The maximum Gasteiger partial charge on any atom is 0.250 e. The van der Waals surface area contributed by atoms with Gasteiger partial charge in [0, 0.05) is 10.7 Å². The minimum atomic E-state index is -0.467. The van der Waals surface area contributed by atoms with E-state index in [1.54, 1.807) is 18.5 Å². The molecular formula is C12H14BrN3O2. The van der Waals surface area contributed by atoms with Gasteiger partial charge in [-0.05, 0) is 27.9 Å². The summed E-state index contributed by atoms with van der Waals surface area (Å²) in [5, 5.41) is 2.72. The first-order valence-corrected chi connectivity index (χ1v) is 6.49. The normalized spacial score (nSPS) is 20.2. The lowest BCUT2D eigenvalue weighted by molar-refractivity contribution is -0.132. The van der Waals surface area contributed by atoms with Crippen molar-refractivity contribution in [3.8, 4) is 0 Å². The fourth-order valence-electron chi connectivity index (χ4n) is 1.89. The van der Waals surface area contributed by atoms with Gasteiger partial charge >= 0.3 is 0 Å². The third-order valence-corrected chi connectivity index (χ3v) is 3.25. The Bertz CT molecular complexity index is 490. The van der Waals surface area contributed by atoms with Gasteiger partial charge in [-0.2, -0.15) is 0 Å². The molecule has 1 atom stereocenters. The summed E-state index contributed by atoms with van der Waals surface area (Å²) in [6.07, 6.45) is 3.22. The van der Waals surface area contributed by atoms with Gasteiger partial charge in [0.25, 0.3) is 0 Å². The van der Waals surface area contributed by atoms with E-state index in [1.165, 1.54) is 4.90 Å². The molecule has 0 bridgehead atoms. The molecule has 1 fully saturated rings. The molecule has 1 unspecified atom stereocenters. The number of rotatable bonds is 2. The average Bonchev–Trinajstić information content (AvgIpc) is 2.31. The first-order chi connectivity index (χ1) is 8.49. The first-order valence-electron chi connectivity index (χ1n) is 5.70. The van der Waals surface area contributed by atoms with Crippen LogP contribution in [-0.4, -0.2) is 29.4 Å². The smallest absolute Gasteiger partial charge is 0.250 e. The van der Waals surface area contributed by atoms with Crippen molar-refractivity contribution in [1.29, 1.82) is 0 Å². The van der Waals surface area contributed by atoms with Gasteiger partial charge in [0.05, 0.1) is 11.9 Å². The van der Waals surface area contributed by atoms with Crippen LogP contribution in [0.2, 0.25) is 0 Å². The highest BCUT2D eigenvalue weighted by Gasteiger charge is 2.35. The number of anilines is 1. The Balaban J connectivity index is 2.32. The molecule has 96 valence electrons. The summed E-state index contributed by atoms with van der Waals surface area (Å²) in [4.78, 5) is 29.4. The van der Waals surface area contributed by atoms with E-state index < -0.39 is 6.04 Å². The lowest BCUT2D eigenvalue weighted by atomic mass is 10.0. The topological polar surface area (TPSA) is 62.3 Å². The van der Waals surface area contributed by atoms with Crippen molar-refractivity contribution in [1.82, 2.24) is 10.3 Å². The van der Waals surface area contributed by atoms with E-state index in [0.29, 0.717) is 5.69 Å². The maximum absolute atomic E-state index is 12.3. The predicted octanol–water partition coefficient (Wildman–Crippen LogP) is 1.33. The van der Waals surface area contributed by atoms with Crippen molar-refractivity contribution >= 4 is 33.4 Å². The van der Waals surface area contributed by atoms with Gasteiger partial charge < -0.3 is 5.32 Å². The van der Waals surface area contributed by atoms with E-state index in [0.717, 1.165) is 4.47 Å². The van der Waals surface area contributed by atoms with Gasteiger partial charge in [-0.3, -0.25) is 19.5 Å². The standard InChI is InChI=1S/C12H14BrN3O2/c1-7(2)11-12(18)16(6-10(17)15-11)9-3-8(13)4-14-5-9/h3-5,7,11H,6H2,1-2H3,(H,15,17). The van der Waals surface area contributed by atoms with Crippen LogP contribution in [0.4, 0.5) is 5.69 Å². The molecule has 0 saturated carbocycles. The van der Waals surface area contributed by atoms with Crippen LogP contribution in [0.1, 0.15) is 13.8 Å². The van der Waals surface area contributed by atoms with Gasteiger partial charge in [0.2, 0.25) is 11.8 Å². The summed E-state index contributed by atoms with van der Waals surface area (Å²) in [5.41, 5.74) is 0.634. The Hall–Kier alpha value is -1.43. The minimum absolute atomic E-state index is 0.0419. The number of halogens is 1. The second kappa shape index (κ2) is 5.06. The molecule has 6 heteroatoms. The predicted molar refractivity (Wildman–Crippen MR) is 71.1 cm³/mol. The van der Waals surface area contributed by atoms with Crippen molar-refractivity contribution in [2.24, 2.45) is 5.92 Å². The summed E-state index contributed by atoms with van der Waals surface area (Å²) in [6, 6.07) is 1.31. The SMILES string of the molecule is CC(C)C1NC(=O)CN(c2cncc(Br)c2)C1=O. The number of hydrogen-bond donors (Lipinski definition) is 1. The molecule has 1 aliphatic rings. The highest BCUT2D eigenvalue weighted by Crippen LogP contribution is 2.22. The molecule has 0 spiro atoms. The number of hydrogen-bond acceptors (Lipinski definition) is 3. The van der Waals surface area contributed by atoms with Gasteiger partial charge in [-0.25, -0.2) is 0 Å². The van der Waals surface area contributed by atoms with Crippen LogP contribution >= 0.6 is 15.9 Å². The maximum atomic E-state index is 12.3. The molecule has 2 heterocycles. The third kappa shape index (κ3) is 2.53. The number of piperazine rings is 1. The van der Waals surface area contributed by atoms with Crippen molar-refractivity contribution in [2.45, 2.75) is 19.9 Å². The van der Waals surface area contributed by atoms with E-state index >= 15 is 0 Å². The Labute approximate surface area is 114 Å². The summed E-state index contributed by atoms with van der Waals surface area (Å²) in [6.45, 7) is 3.86. The monoisotopic (exact) mass is 311 g/mol. The number of nitrogens with one attached hydrogen (secondary N) is 1. The van der Waals surface area contributed by atoms with E-state index in [9.17, 15) is 9.59 Å². The minimum Gasteiger partial charge on any atom is -0.342 e. The molecule has 0 radical (unpaired) electrons. The van der Waals surface area contributed by atoms with Gasteiger partial charge in [0.15, 0.2) is 0 Å². The van der Waals surface area contributed by atoms with E-state index in [2.05, 4.69) is 26.2 Å². The van der Waals surface area contributed by atoms with Crippen molar-refractivity contribution < 1.29 is 9.59 Å². The molecule has 5 nitrogen and oxygen atoms in total. The van der Waals surface area contributed by atoms with Gasteiger partial charge in [0.1, 0.15) is 12.6 Å². The zero-order chi connectivity index (χ0) is 13.3. The van der Waals surface area contributed by atoms with Gasteiger partial charge in [-0.15, -0.1) is 0 Å². The summed E-state index contributed by atoms with van der Waals surface area (Å²) < 4.78 is 0.778. The number of aromatic nitrogens is 1. The molecule has 1 saturated heterocycles. The van der Waals surface area contributed by atoms with Crippen LogP contribution in [0, 0.1) is 5.92 Å². The Morgan fingerprint density at radius 2 is 2.17 bits per heavy atom. The van der Waals surface area contributed by atoms with E-state index in [-0.39, 0.29) is 24.3 Å². The second-order valence-electron chi connectivity index (χ2n) is 4.57. The summed E-state index contributed by atoms with van der Waals surface area (Å²) in [5.74, 6) is -0.179. The Morgan fingerprint density at radius 3 is 2.78 bits per heavy atom. The molecule has 1 N–H and O–H groups in total. The Kier molecular flexibility index (Phi) is 3.65. The number of pyridine rings is 1. The van der Waals surface area contributed by atoms with Crippen LogP contribution in [0.3, 0.4) is 0 Å². The van der Waals surface area contributed by atoms with Crippen LogP contribution in [0.25, 0.3) is 0 Å². The molecule has 2 rings (SSSR count). The molecular weight excluding hydrogens is 298 g/mol. The van der Waals surface area contributed by atoms with Crippen LogP contribution in [0.5, 0.6) is 0 Å². The summed E-state index contributed by atoms with van der Waals surface area (Å²) in [7, 11) is 0. The van der Waals surface area contributed by atoms with Crippen LogP contribution < -0.4 is 10.2 Å². The van der Waals surface area contributed by atoms with Crippen molar-refractivity contribution in [3.63, 3.8) is 0 Å². The molecule has 0 aliphatic carbocycles. The number of carbonyl (C=O) groups is 2. The van der Waals surface area contributed by atoms with Crippen molar-refractivity contribution in [3.05, 3.63) is 22.9 Å². The molecule has 0 aromatic carbocycles.